The third-order valence-electron chi connectivity index (χ3n) is 4.01. The first kappa shape index (κ1) is 14.5. The van der Waals surface area contributed by atoms with Crippen LogP contribution in [0.2, 0.25) is 0 Å². The Morgan fingerprint density at radius 1 is 1.50 bits per heavy atom. The molecule has 2 unspecified atom stereocenters. The van der Waals surface area contributed by atoms with Gasteiger partial charge >= 0.3 is 5.97 Å². The highest BCUT2D eigenvalue weighted by Gasteiger charge is 2.60. The number of ketones is 1. The van der Waals surface area contributed by atoms with Gasteiger partial charge in [-0.2, -0.15) is 0 Å². The zero-order valence-electron chi connectivity index (χ0n) is 11.8. The van der Waals surface area contributed by atoms with Crippen LogP contribution in [-0.2, 0) is 24.7 Å². The van der Waals surface area contributed by atoms with E-state index >= 15 is 0 Å². The number of fused-ring (bicyclic) bond motifs is 2. The third kappa shape index (κ3) is 1.96. The minimum atomic E-state index is -1.33. The van der Waals surface area contributed by atoms with Crippen LogP contribution in [0.25, 0.3) is 0 Å². The van der Waals surface area contributed by atoms with Crippen molar-refractivity contribution in [2.75, 3.05) is 13.2 Å². The molecule has 0 saturated carbocycles. The molecule has 7 heteroatoms. The van der Waals surface area contributed by atoms with Crippen LogP contribution in [-0.4, -0.2) is 30.9 Å². The predicted molar refractivity (Wildman–Crippen MR) is 71.5 cm³/mol. The van der Waals surface area contributed by atoms with Crippen molar-refractivity contribution in [3.05, 3.63) is 29.6 Å². The van der Waals surface area contributed by atoms with Crippen LogP contribution in [0.4, 0.5) is 4.39 Å². The lowest BCUT2D eigenvalue weighted by atomic mass is 9.75. The molecule has 1 fully saturated rings. The topological polar surface area (TPSA) is 81.7 Å². The average molecular weight is 307 g/mol. The summed E-state index contributed by atoms with van der Waals surface area (Å²) in [5.74, 6) is -4.05. The summed E-state index contributed by atoms with van der Waals surface area (Å²) in [7, 11) is 0. The number of Topliss-reactive ketones (excluding diaryl/α,β-unsaturated/α-hetero) is 1. The second kappa shape index (κ2) is 5.08. The fourth-order valence-corrected chi connectivity index (χ4v) is 3.09. The molecular formula is C15H14FNO5. The molecule has 1 aromatic rings. The molecule has 1 N–H and O–H groups in total. The van der Waals surface area contributed by atoms with Crippen molar-refractivity contribution in [1.29, 1.82) is 0 Å². The maximum atomic E-state index is 13.6. The van der Waals surface area contributed by atoms with Gasteiger partial charge < -0.3 is 14.8 Å². The molecule has 22 heavy (non-hydrogen) atoms. The van der Waals surface area contributed by atoms with Crippen LogP contribution >= 0.6 is 0 Å². The zero-order valence-corrected chi connectivity index (χ0v) is 11.8. The molecule has 0 radical (unpaired) electrons. The standard InChI is InChI=1S/C15H14FNO5/c1-2-21-14(20)11-12(18)13(19)17-15(11)5-6-22-10-4-3-8(16)7-9(10)15/h3-4,7,11H,2,5-6H2,1H3,(H,17,19). The molecule has 3 rings (SSSR count). The Morgan fingerprint density at radius 2 is 2.27 bits per heavy atom. The van der Waals surface area contributed by atoms with Gasteiger partial charge in [0.25, 0.3) is 5.91 Å². The van der Waals surface area contributed by atoms with E-state index in [2.05, 4.69) is 5.32 Å². The van der Waals surface area contributed by atoms with Gasteiger partial charge in [-0.25, -0.2) is 4.39 Å². The van der Waals surface area contributed by atoms with Crippen LogP contribution < -0.4 is 10.1 Å². The molecule has 1 amide bonds. The Bertz CT molecular complexity index is 674. The molecule has 1 spiro atoms. The maximum Gasteiger partial charge on any atom is 0.319 e. The van der Waals surface area contributed by atoms with Crippen molar-refractivity contribution in [2.24, 2.45) is 5.92 Å². The molecule has 2 aliphatic heterocycles. The molecule has 0 aliphatic carbocycles. The SMILES string of the molecule is CCOC(=O)C1C(=O)C(=O)NC12CCOc1ccc(F)cc12. The Labute approximate surface area is 125 Å². The smallest absolute Gasteiger partial charge is 0.319 e. The fraction of sp³-hybridized carbons (Fsp3) is 0.400. The summed E-state index contributed by atoms with van der Waals surface area (Å²) in [6.45, 7) is 1.89. The van der Waals surface area contributed by atoms with Gasteiger partial charge in [-0.1, -0.05) is 0 Å². The summed E-state index contributed by atoms with van der Waals surface area (Å²) in [5, 5.41) is 2.56. The van der Waals surface area contributed by atoms with Crippen LogP contribution in [0.3, 0.4) is 0 Å². The largest absolute Gasteiger partial charge is 0.493 e. The van der Waals surface area contributed by atoms with Crippen molar-refractivity contribution in [1.82, 2.24) is 5.32 Å². The number of amides is 1. The van der Waals surface area contributed by atoms with E-state index in [1.165, 1.54) is 18.2 Å². The quantitative estimate of drug-likeness (QED) is 0.494. The van der Waals surface area contributed by atoms with Crippen LogP contribution in [0, 0.1) is 11.7 Å². The first-order valence-corrected chi connectivity index (χ1v) is 6.95. The lowest BCUT2D eigenvalue weighted by molar-refractivity contribution is -0.154. The van der Waals surface area contributed by atoms with Crippen molar-refractivity contribution >= 4 is 17.7 Å². The molecular weight excluding hydrogens is 293 g/mol. The van der Waals surface area contributed by atoms with Gasteiger partial charge in [0.1, 0.15) is 11.6 Å². The second-order valence-corrected chi connectivity index (χ2v) is 5.21. The molecule has 0 aromatic heterocycles. The summed E-state index contributed by atoms with van der Waals surface area (Å²) < 4.78 is 24.0. The number of hydrogen-bond acceptors (Lipinski definition) is 5. The van der Waals surface area contributed by atoms with Gasteiger partial charge in [0.2, 0.25) is 5.78 Å². The molecule has 116 valence electrons. The van der Waals surface area contributed by atoms with Gasteiger partial charge in [0.05, 0.1) is 18.8 Å². The number of carbonyl (C=O) groups is 3. The molecule has 1 aromatic carbocycles. The fourth-order valence-electron chi connectivity index (χ4n) is 3.09. The Hall–Kier alpha value is -2.44. The minimum absolute atomic E-state index is 0.0827. The van der Waals surface area contributed by atoms with E-state index in [9.17, 15) is 18.8 Å². The molecule has 0 bridgehead atoms. The summed E-state index contributed by atoms with van der Waals surface area (Å²) >= 11 is 0. The lowest BCUT2D eigenvalue weighted by Crippen LogP contribution is -2.49. The van der Waals surface area contributed by atoms with E-state index in [4.69, 9.17) is 9.47 Å². The number of rotatable bonds is 2. The Morgan fingerprint density at radius 3 is 3.00 bits per heavy atom. The number of halogens is 1. The van der Waals surface area contributed by atoms with Gasteiger partial charge in [-0.15, -0.1) is 0 Å². The first-order valence-electron chi connectivity index (χ1n) is 6.95. The maximum absolute atomic E-state index is 13.6. The van der Waals surface area contributed by atoms with Gasteiger partial charge in [-0.3, -0.25) is 14.4 Å². The molecule has 6 nitrogen and oxygen atoms in total. The van der Waals surface area contributed by atoms with Gasteiger partial charge in [0, 0.05) is 12.0 Å². The summed E-state index contributed by atoms with van der Waals surface area (Å²) in [6, 6.07) is 3.82. The molecule has 2 heterocycles. The van der Waals surface area contributed by atoms with Crippen molar-refractivity contribution in [2.45, 2.75) is 18.9 Å². The molecule has 2 atom stereocenters. The van der Waals surface area contributed by atoms with E-state index in [1.807, 2.05) is 0 Å². The van der Waals surface area contributed by atoms with Crippen LogP contribution in [0.1, 0.15) is 18.9 Å². The zero-order chi connectivity index (χ0) is 15.9. The predicted octanol–water partition coefficient (Wildman–Crippen LogP) is 0.682. The number of carbonyl (C=O) groups excluding carboxylic acids is 3. The van der Waals surface area contributed by atoms with Crippen molar-refractivity contribution in [3.8, 4) is 5.75 Å². The van der Waals surface area contributed by atoms with Crippen LogP contribution in [0.5, 0.6) is 5.75 Å². The number of ether oxygens (including phenoxy) is 2. The summed E-state index contributed by atoms with van der Waals surface area (Å²) in [4.78, 5) is 36.2. The number of nitrogens with one attached hydrogen (secondary N) is 1. The van der Waals surface area contributed by atoms with Crippen molar-refractivity contribution in [3.63, 3.8) is 0 Å². The monoisotopic (exact) mass is 307 g/mol. The van der Waals surface area contributed by atoms with E-state index in [-0.39, 0.29) is 25.2 Å². The van der Waals surface area contributed by atoms with Crippen molar-refractivity contribution < 1.29 is 28.2 Å². The molecule has 1 saturated heterocycles. The van der Waals surface area contributed by atoms with E-state index < -0.39 is 34.9 Å². The number of hydrogen-bond donors (Lipinski definition) is 1. The Balaban J connectivity index is 2.16. The highest BCUT2D eigenvalue weighted by molar-refractivity contribution is 6.43. The summed E-state index contributed by atoms with van der Waals surface area (Å²) in [5.41, 5.74) is -1.02. The minimum Gasteiger partial charge on any atom is -0.493 e. The van der Waals surface area contributed by atoms with Gasteiger partial charge in [-0.05, 0) is 25.1 Å². The Kier molecular flexibility index (Phi) is 3.35. The van der Waals surface area contributed by atoms with E-state index in [0.717, 1.165) is 0 Å². The lowest BCUT2D eigenvalue weighted by Gasteiger charge is -2.37. The number of benzene rings is 1. The number of esters is 1. The van der Waals surface area contributed by atoms with Crippen LogP contribution in [0.15, 0.2) is 18.2 Å². The highest BCUT2D eigenvalue weighted by atomic mass is 19.1. The highest BCUT2D eigenvalue weighted by Crippen LogP contribution is 2.45. The normalized spacial score (nSPS) is 26.4. The first-order chi connectivity index (χ1) is 10.5. The second-order valence-electron chi connectivity index (χ2n) is 5.21. The van der Waals surface area contributed by atoms with Gasteiger partial charge in [0.15, 0.2) is 5.92 Å². The van der Waals surface area contributed by atoms with E-state index in [1.54, 1.807) is 6.92 Å². The summed E-state index contributed by atoms with van der Waals surface area (Å²) in [6.07, 6.45) is 0.185. The third-order valence-corrected chi connectivity index (χ3v) is 4.01. The average Bonchev–Trinajstić information content (AvgIpc) is 2.72. The van der Waals surface area contributed by atoms with E-state index in [0.29, 0.717) is 5.75 Å². The molecule has 2 aliphatic rings.